The van der Waals surface area contributed by atoms with Crippen molar-refractivity contribution in [3.63, 3.8) is 0 Å². The van der Waals surface area contributed by atoms with Crippen molar-refractivity contribution in [1.82, 2.24) is 14.5 Å². The maximum absolute atomic E-state index is 11.3. The largest absolute Gasteiger partial charge is 0.482 e. The highest BCUT2D eigenvalue weighted by molar-refractivity contribution is 7.64. The first-order valence-electron chi connectivity index (χ1n) is 11.2. The Bertz CT molecular complexity index is 1470. The van der Waals surface area contributed by atoms with Gasteiger partial charge in [0.15, 0.2) is 11.6 Å². The van der Waals surface area contributed by atoms with Gasteiger partial charge >= 0.3 is 5.97 Å². The molecule has 0 aliphatic carbocycles. The molecule has 2 unspecified atom stereocenters. The summed E-state index contributed by atoms with van der Waals surface area (Å²) < 4.78 is 18.7. The average molecular weight is 526 g/mol. The predicted octanol–water partition coefficient (Wildman–Crippen LogP) is 5.14. The van der Waals surface area contributed by atoms with Gasteiger partial charge < -0.3 is 14.0 Å². The standard InChI is InChI=1S/C25H25N3O4P2S/c1-15(2)21-11-23(27-32-21)34-14-33-18-7-4-16(5-8-18)19-12-28-20-9-6-17(31-13-24(29)30-3)10-22(20)35-25(28)26-19/h4-12,15,33-34H,13-14H2,1-3H3. The number of fused-ring (bicyclic) bond motifs is 3. The molecule has 2 atom stereocenters. The summed E-state index contributed by atoms with van der Waals surface area (Å²) in [6.45, 7) is 4.12. The maximum Gasteiger partial charge on any atom is 0.343 e. The van der Waals surface area contributed by atoms with E-state index in [1.54, 1.807) is 11.3 Å². The smallest absolute Gasteiger partial charge is 0.343 e. The van der Waals surface area contributed by atoms with E-state index in [1.807, 2.05) is 18.2 Å². The number of ether oxygens (including phenoxy) is 2. The monoisotopic (exact) mass is 525 g/mol. The normalized spacial score (nSPS) is 12.2. The third kappa shape index (κ3) is 5.40. The van der Waals surface area contributed by atoms with Crippen molar-refractivity contribution in [2.45, 2.75) is 19.8 Å². The van der Waals surface area contributed by atoms with Gasteiger partial charge in [-0.2, -0.15) is 0 Å². The molecule has 3 heterocycles. The number of rotatable bonds is 9. The van der Waals surface area contributed by atoms with Crippen molar-refractivity contribution in [2.75, 3.05) is 19.6 Å². The average Bonchev–Trinajstić information content (AvgIpc) is 3.57. The number of methoxy groups -OCH3 is 1. The van der Waals surface area contributed by atoms with E-state index < -0.39 is 5.97 Å². The van der Waals surface area contributed by atoms with E-state index in [2.05, 4.69) is 64.7 Å². The Morgan fingerprint density at radius 3 is 2.71 bits per heavy atom. The van der Waals surface area contributed by atoms with Crippen molar-refractivity contribution in [1.29, 1.82) is 0 Å². The molecule has 7 nitrogen and oxygen atoms in total. The van der Waals surface area contributed by atoms with Crippen molar-refractivity contribution in [2.24, 2.45) is 0 Å². The molecule has 0 spiro atoms. The SMILES string of the molecule is COC(=O)COc1ccc2c(c1)sc1nc(-c3ccc(PCPc4cc(C(C)C)on4)cc3)cn12. The molecule has 0 aliphatic rings. The third-order valence-corrected chi connectivity index (χ3v) is 9.26. The van der Waals surface area contributed by atoms with Gasteiger partial charge in [-0.05, 0) is 29.4 Å². The zero-order valence-electron chi connectivity index (χ0n) is 19.6. The fourth-order valence-electron chi connectivity index (χ4n) is 3.55. The second-order valence-electron chi connectivity index (χ2n) is 8.25. The summed E-state index contributed by atoms with van der Waals surface area (Å²) in [5.41, 5.74) is 4.16. The number of benzene rings is 2. The van der Waals surface area contributed by atoms with Gasteiger partial charge in [-0.3, -0.25) is 4.40 Å². The quantitative estimate of drug-likeness (QED) is 0.196. The molecule has 0 saturated heterocycles. The van der Waals surface area contributed by atoms with Crippen LogP contribution in [-0.2, 0) is 9.53 Å². The molecule has 35 heavy (non-hydrogen) atoms. The number of imidazole rings is 1. The maximum atomic E-state index is 11.3. The molecule has 0 saturated carbocycles. The molecule has 0 amide bonds. The highest BCUT2D eigenvalue weighted by Crippen LogP contribution is 2.32. The van der Waals surface area contributed by atoms with Crippen LogP contribution >= 0.6 is 28.5 Å². The lowest BCUT2D eigenvalue weighted by atomic mass is 10.2. The Morgan fingerprint density at radius 2 is 1.97 bits per heavy atom. The topological polar surface area (TPSA) is 78.9 Å². The molecule has 0 fully saturated rings. The molecular weight excluding hydrogens is 500 g/mol. The van der Waals surface area contributed by atoms with Gasteiger partial charge in [0.25, 0.3) is 0 Å². The van der Waals surface area contributed by atoms with Gasteiger partial charge in [-0.25, -0.2) is 9.78 Å². The van der Waals surface area contributed by atoms with Gasteiger partial charge in [-0.15, -0.1) is 0 Å². The molecule has 0 aliphatic heterocycles. The Hall–Kier alpha value is -2.79. The number of hydrogen-bond donors (Lipinski definition) is 0. The van der Waals surface area contributed by atoms with E-state index in [0.717, 1.165) is 52.1 Å². The molecule has 0 bridgehead atoms. The van der Waals surface area contributed by atoms with Crippen LogP contribution in [0, 0.1) is 0 Å². The van der Waals surface area contributed by atoms with Gasteiger partial charge in [0.2, 0.25) is 0 Å². The fourth-order valence-corrected chi connectivity index (χ4v) is 7.24. The summed E-state index contributed by atoms with van der Waals surface area (Å²) in [6.07, 6.45) is 2.07. The molecule has 3 aromatic heterocycles. The van der Waals surface area contributed by atoms with Crippen LogP contribution in [0.3, 0.4) is 0 Å². The van der Waals surface area contributed by atoms with Crippen LogP contribution in [0.4, 0.5) is 0 Å². The lowest BCUT2D eigenvalue weighted by Gasteiger charge is -2.04. The van der Waals surface area contributed by atoms with Gasteiger partial charge in [0.05, 0.1) is 23.0 Å². The molecule has 2 aromatic carbocycles. The van der Waals surface area contributed by atoms with Crippen LogP contribution in [0.15, 0.2) is 59.3 Å². The van der Waals surface area contributed by atoms with Crippen LogP contribution < -0.4 is 15.5 Å². The Labute approximate surface area is 210 Å². The Balaban J connectivity index is 1.24. The number of nitrogens with zero attached hydrogens (tertiary/aromatic N) is 3. The van der Waals surface area contributed by atoms with E-state index in [-0.39, 0.29) is 6.61 Å². The second kappa shape index (κ2) is 10.4. The Morgan fingerprint density at radius 1 is 1.14 bits per heavy atom. The summed E-state index contributed by atoms with van der Waals surface area (Å²) in [7, 11) is 2.74. The van der Waals surface area contributed by atoms with E-state index in [9.17, 15) is 4.79 Å². The predicted molar refractivity (Wildman–Crippen MR) is 145 cm³/mol. The van der Waals surface area contributed by atoms with Gasteiger partial charge in [0.1, 0.15) is 16.9 Å². The minimum absolute atomic E-state index is 0.106. The summed E-state index contributed by atoms with van der Waals surface area (Å²) in [4.78, 5) is 17.1. The van der Waals surface area contributed by atoms with Crippen LogP contribution in [0.5, 0.6) is 5.75 Å². The highest BCUT2D eigenvalue weighted by Gasteiger charge is 2.12. The molecule has 180 valence electrons. The van der Waals surface area contributed by atoms with E-state index in [4.69, 9.17) is 14.2 Å². The number of thiazole rings is 1. The van der Waals surface area contributed by atoms with Crippen LogP contribution in [0.25, 0.3) is 26.4 Å². The first-order valence-corrected chi connectivity index (χ1v) is 14.4. The first kappa shape index (κ1) is 23.9. The minimum atomic E-state index is -0.405. The molecule has 5 rings (SSSR count). The van der Waals surface area contributed by atoms with E-state index in [0.29, 0.717) is 20.2 Å². The molecular formula is C25H25N3O4P2S. The van der Waals surface area contributed by atoms with E-state index in [1.165, 1.54) is 12.4 Å². The molecule has 0 N–H and O–H groups in total. The summed E-state index contributed by atoms with van der Waals surface area (Å²) in [5, 5.41) is 5.52. The van der Waals surface area contributed by atoms with Crippen molar-refractivity contribution in [3.8, 4) is 17.0 Å². The van der Waals surface area contributed by atoms with E-state index >= 15 is 0 Å². The summed E-state index contributed by atoms with van der Waals surface area (Å²) >= 11 is 1.59. The van der Waals surface area contributed by atoms with Gasteiger partial charge in [-0.1, -0.05) is 71.8 Å². The van der Waals surface area contributed by atoms with Gasteiger partial charge in [0, 0.05) is 23.7 Å². The molecule has 10 heteroatoms. The number of carbonyl (C=O) groups excluding carboxylic acids is 1. The van der Waals surface area contributed by atoms with Crippen LogP contribution in [0.2, 0.25) is 0 Å². The zero-order chi connectivity index (χ0) is 24.4. The lowest BCUT2D eigenvalue weighted by molar-refractivity contribution is -0.142. The summed E-state index contributed by atoms with van der Waals surface area (Å²) in [6, 6.07) is 16.5. The van der Waals surface area contributed by atoms with Crippen molar-refractivity contribution in [3.05, 3.63) is 60.5 Å². The third-order valence-electron chi connectivity index (χ3n) is 5.49. The first-order chi connectivity index (χ1) is 17.0. The molecule has 5 aromatic rings. The van der Waals surface area contributed by atoms with Crippen LogP contribution in [-0.4, -0.2) is 40.1 Å². The number of hydrogen-bond acceptors (Lipinski definition) is 7. The number of carbonyl (C=O) groups is 1. The fraction of sp³-hybridized carbons (Fsp3) is 0.240. The summed E-state index contributed by atoms with van der Waals surface area (Å²) in [5.74, 6) is 2.64. The zero-order valence-corrected chi connectivity index (χ0v) is 22.4. The highest BCUT2D eigenvalue weighted by atomic mass is 32.1. The van der Waals surface area contributed by atoms with Crippen molar-refractivity contribution >= 4 is 60.4 Å². The second-order valence-corrected chi connectivity index (χ2v) is 12.5. The number of aromatic nitrogens is 3. The van der Waals surface area contributed by atoms with Crippen LogP contribution in [0.1, 0.15) is 25.5 Å². The minimum Gasteiger partial charge on any atom is -0.482 e. The molecule has 0 radical (unpaired) electrons. The number of esters is 1. The lowest BCUT2D eigenvalue weighted by Crippen LogP contribution is -2.12. The Kier molecular flexibility index (Phi) is 7.14. The van der Waals surface area contributed by atoms with Crippen molar-refractivity contribution < 1.29 is 18.8 Å².